The molecule has 6 nitrogen and oxygen atoms in total. The zero-order valence-corrected chi connectivity index (χ0v) is 17.7. The van der Waals surface area contributed by atoms with Gasteiger partial charge in [0.1, 0.15) is 30.8 Å². The van der Waals surface area contributed by atoms with E-state index in [9.17, 15) is 22.8 Å². The van der Waals surface area contributed by atoms with Gasteiger partial charge in [-0.2, -0.15) is 13.2 Å². The summed E-state index contributed by atoms with van der Waals surface area (Å²) in [6, 6.07) is 10.3. The number of amides is 1. The van der Waals surface area contributed by atoms with Crippen molar-refractivity contribution in [1.29, 1.82) is 0 Å². The zero-order valence-electron chi connectivity index (χ0n) is 17.7. The lowest BCUT2D eigenvalue weighted by atomic mass is 9.94. The van der Waals surface area contributed by atoms with E-state index in [0.29, 0.717) is 18.8 Å². The number of anilines is 1. The second-order valence-electron chi connectivity index (χ2n) is 7.89. The first-order valence-electron chi connectivity index (χ1n) is 10.3. The highest BCUT2D eigenvalue weighted by atomic mass is 19.4. The topological polar surface area (TPSA) is 67.6 Å². The van der Waals surface area contributed by atoms with Crippen molar-refractivity contribution in [3.63, 3.8) is 0 Å². The van der Waals surface area contributed by atoms with Crippen LogP contribution in [0.1, 0.15) is 21.6 Å². The molecule has 1 amide bonds. The third kappa shape index (κ3) is 3.44. The van der Waals surface area contributed by atoms with Gasteiger partial charge in [0.2, 0.25) is 0 Å². The quantitative estimate of drug-likeness (QED) is 0.336. The molecule has 0 aliphatic carbocycles. The molecule has 170 valence electrons. The number of carbonyl (C=O) groups excluding carboxylic acids is 1. The Morgan fingerprint density at radius 3 is 2.65 bits per heavy atom. The van der Waals surface area contributed by atoms with Crippen molar-refractivity contribution in [2.45, 2.75) is 12.6 Å². The smallest absolute Gasteiger partial charge is 0.292 e. The normalized spacial score (nSPS) is 13.4. The maximum absolute atomic E-state index is 15.1. The van der Waals surface area contributed by atoms with Crippen LogP contribution >= 0.6 is 0 Å². The second-order valence-corrected chi connectivity index (χ2v) is 7.89. The van der Waals surface area contributed by atoms with Crippen molar-refractivity contribution in [2.75, 3.05) is 11.4 Å². The van der Waals surface area contributed by atoms with Crippen molar-refractivity contribution in [3.05, 3.63) is 87.9 Å². The summed E-state index contributed by atoms with van der Waals surface area (Å²) in [5, 5.41) is 0. The second kappa shape index (κ2) is 7.79. The minimum atomic E-state index is -4.83. The predicted octanol–water partition coefficient (Wildman–Crippen LogP) is 2.38. The van der Waals surface area contributed by atoms with Crippen LogP contribution < -0.4 is 15.9 Å². The minimum absolute atomic E-state index is 0.121. The predicted molar refractivity (Wildman–Crippen MR) is 120 cm³/mol. The number of benzene rings is 1. The van der Waals surface area contributed by atoms with Crippen LogP contribution in [0.15, 0.2) is 59.7 Å². The molecule has 0 saturated carbocycles. The first kappa shape index (κ1) is 21.8. The van der Waals surface area contributed by atoms with Gasteiger partial charge < -0.3 is 0 Å². The third-order valence-electron chi connectivity index (χ3n) is 5.83. The molecule has 1 aromatic carbocycles. The number of rotatable bonds is 2. The first-order chi connectivity index (χ1) is 16.2. The molecule has 1 aliphatic heterocycles. The molecule has 4 aromatic rings. The Labute approximate surface area is 190 Å². The number of fused-ring (bicyclic) bond motifs is 2. The number of alkyl halides is 3. The van der Waals surface area contributed by atoms with E-state index in [-0.39, 0.29) is 22.3 Å². The summed E-state index contributed by atoms with van der Waals surface area (Å²) in [6.45, 7) is 0.363. The number of hydrogen-bond donors (Lipinski definition) is 0. The fourth-order valence-electron chi connectivity index (χ4n) is 4.16. The molecule has 0 spiro atoms. The van der Waals surface area contributed by atoms with E-state index >= 15 is 4.39 Å². The van der Waals surface area contributed by atoms with E-state index in [0.717, 1.165) is 23.9 Å². The Kier molecular flexibility index (Phi) is 5.00. The highest BCUT2D eigenvalue weighted by Crippen LogP contribution is 2.31. The molecule has 5 rings (SSSR count). The van der Waals surface area contributed by atoms with Gasteiger partial charge in [-0.1, -0.05) is 12.1 Å². The fraction of sp³-hybridized carbons (Fsp3) is 0.130. The number of carbonyl (C=O) groups is 1. The number of hydrogen-bond acceptors (Lipinski definition) is 4. The fourth-order valence-corrected chi connectivity index (χ4v) is 4.16. The molecule has 0 saturated heterocycles. The van der Waals surface area contributed by atoms with Gasteiger partial charge in [0.25, 0.3) is 11.5 Å². The van der Waals surface area contributed by atoms with Crippen molar-refractivity contribution >= 4 is 30.7 Å². The van der Waals surface area contributed by atoms with Gasteiger partial charge in [-0.25, -0.2) is 14.4 Å². The van der Waals surface area contributed by atoms with E-state index in [2.05, 4.69) is 9.97 Å². The van der Waals surface area contributed by atoms with Crippen LogP contribution in [0, 0.1) is 5.82 Å². The highest BCUT2D eigenvalue weighted by Gasteiger charge is 2.36. The molecule has 4 heterocycles. The maximum Gasteiger partial charge on any atom is 0.433 e. The summed E-state index contributed by atoms with van der Waals surface area (Å²) < 4.78 is 56.4. The summed E-state index contributed by atoms with van der Waals surface area (Å²) in [5.74, 6) is -0.938. The van der Waals surface area contributed by atoms with E-state index in [4.69, 9.17) is 0 Å². The number of pyridine rings is 2. The summed E-state index contributed by atoms with van der Waals surface area (Å²) in [7, 11) is 1.06. The Morgan fingerprint density at radius 1 is 1.12 bits per heavy atom. The van der Waals surface area contributed by atoms with Gasteiger partial charge in [0.15, 0.2) is 0 Å². The van der Waals surface area contributed by atoms with Gasteiger partial charge in [0, 0.05) is 30.0 Å². The van der Waals surface area contributed by atoms with Crippen LogP contribution in [0.4, 0.5) is 23.4 Å². The summed E-state index contributed by atoms with van der Waals surface area (Å²) in [5.41, 5.74) is -1.97. The molecule has 3 aromatic heterocycles. The summed E-state index contributed by atoms with van der Waals surface area (Å²) >= 11 is 0. The number of aromatic nitrogens is 3. The van der Waals surface area contributed by atoms with Gasteiger partial charge >= 0.3 is 6.18 Å². The van der Waals surface area contributed by atoms with Crippen LogP contribution in [0.2, 0.25) is 0 Å². The van der Waals surface area contributed by atoms with Crippen LogP contribution in [0.5, 0.6) is 0 Å². The van der Waals surface area contributed by atoms with Crippen LogP contribution in [0.3, 0.4) is 0 Å². The highest BCUT2D eigenvalue weighted by molar-refractivity contribution is 6.33. The summed E-state index contributed by atoms with van der Waals surface area (Å²) in [4.78, 5) is 34.8. The molecule has 0 atom stereocenters. The van der Waals surface area contributed by atoms with Crippen molar-refractivity contribution in [1.82, 2.24) is 14.4 Å². The minimum Gasteiger partial charge on any atom is -0.292 e. The van der Waals surface area contributed by atoms with Gasteiger partial charge in [0.05, 0.1) is 5.56 Å². The van der Waals surface area contributed by atoms with Crippen LogP contribution in [-0.2, 0) is 12.6 Å². The maximum atomic E-state index is 15.1. The average Bonchev–Trinajstić information content (AvgIpc) is 3.24. The molecule has 0 radical (unpaired) electrons. The molecular weight excluding hydrogens is 451 g/mol. The monoisotopic (exact) mass is 466 g/mol. The third-order valence-corrected chi connectivity index (χ3v) is 5.83. The zero-order chi connectivity index (χ0) is 24.2. The Bertz CT molecular complexity index is 1530. The molecule has 34 heavy (non-hydrogen) atoms. The van der Waals surface area contributed by atoms with Crippen molar-refractivity contribution in [2.24, 2.45) is 0 Å². The van der Waals surface area contributed by atoms with E-state index in [1.54, 1.807) is 12.3 Å². The molecule has 0 unspecified atom stereocenters. The Morgan fingerprint density at radius 2 is 1.91 bits per heavy atom. The van der Waals surface area contributed by atoms with Gasteiger partial charge in [-0.05, 0) is 47.9 Å². The van der Waals surface area contributed by atoms with E-state index in [1.807, 2.05) is 6.07 Å². The van der Waals surface area contributed by atoms with Crippen molar-refractivity contribution in [3.8, 4) is 11.1 Å². The molecule has 1 aliphatic rings. The van der Waals surface area contributed by atoms with Crippen LogP contribution in [-0.4, -0.2) is 34.7 Å². The lowest BCUT2D eigenvalue weighted by Gasteiger charge is -2.17. The molecular formula is C23H15BF4N4O2. The number of halogens is 4. The standard InChI is InChI=1S/C23H15BF4N4O2/c24-17-18(23(26,27)28)30-20-14(4-2-9-31(20)22(17)34)13-5-6-15(16(25)11-13)21(33)32-10-7-12-3-1-8-29-19(12)32/h1-6,8-9,11H,7,10,24H2. The number of nitrogens with zero attached hydrogens (tertiary/aromatic N) is 4. The Hall–Kier alpha value is -4.02. The average molecular weight is 466 g/mol. The molecule has 0 bridgehead atoms. The molecule has 0 N–H and O–H groups in total. The lowest BCUT2D eigenvalue weighted by molar-refractivity contribution is -0.140. The Balaban J connectivity index is 1.59. The SMILES string of the molecule is Bc1c(C(F)(F)F)nc2c(-c3ccc(C(=O)N4CCc5cccnc54)c(F)c3)cccn2c1=O. The molecule has 0 fully saturated rings. The van der Waals surface area contributed by atoms with Crippen LogP contribution in [0.25, 0.3) is 16.8 Å². The van der Waals surface area contributed by atoms with E-state index < -0.39 is 34.6 Å². The van der Waals surface area contributed by atoms with Gasteiger partial charge in [-0.15, -0.1) is 0 Å². The molecule has 11 heteroatoms. The van der Waals surface area contributed by atoms with E-state index in [1.165, 1.54) is 35.4 Å². The summed E-state index contributed by atoms with van der Waals surface area (Å²) in [6.07, 6.45) is -1.37. The van der Waals surface area contributed by atoms with Gasteiger partial charge in [-0.3, -0.25) is 18.9 Å². The first-order valence-corrected chi connectivity index (χ1v) is 10.3. The van der Waals surface area contributed by atoms with Crippen molar-refractivity contribution < 1.29 is 22.4 Å². The lowest BCUT2D eigenvalue weighted by Crippen LogP contribution is -2.38. The largest absolute Gasteiger partial charge is 0.433 e.